The third-order valence-corrected chi connectivity index (χ3v) is 9.63. The van der Waals surface area contributed by atoms with Gasteiger partial charge in [-0.25, -0.2) is 50.4 Å². The van der Waals surface area contributed by atoms with Crippen molar-refractivity contribution in [3.05, 3.63) is 85.5 Å². The highest BCUT2D eigenvalue weighted by atomic mass is 35.5. The van der Waals surface area contributed by atoms with Crippen molar-refractivity contribution < 1.29 is 41.4 Å². The summed E-state index contributed by atoms with van der Waals surface area (Å²) < 4.78 is 80.1. The van der Waals surface area contributed by atoms with E-state index in [0.717, 1.165) is 20.0 Å². The molecule has 0 radical (unpaired) electrons. The second kappa shape index (κ2) is 9.19. The molecule has 3 aromatic rings. The van der Waals surface area contributed by atoms with E-state index in [1.54, 1.807) is 0 Å². The summed E-state index contributed by atoms with van der Waals surface area (Å²) in [6, 6.07) is 2.47. The smallest absolute Gasteiger partial charge is 0.347 e. The minimum atomic E-state index is -2.71. The second-order valence-corrected chi connectivity index (χ2v) is 11.5. The lowest BCUT2D eigenvalue weighted by molar-refractivity contribution is -0.122. The summed E-state index contributed by atoms with van der Waals surface area (Å²) in [6.07, 6.45) is 0.721. The summed E-state index contributed by atoms with van der Waals surface area (Å²) in [6.45, 7) is -0.217. The van der Waals surface area contributed by atoms with E-state index in [1.165, 1.54) is 32.4 Å². The van der Waals surface area contributed by atoms with Gasteiger partial charge in [-0.1, -0.05) is 12.1 Å². The van der Waals surface area contributed by atoms with Crippen LogP contribution in [0, 0.1) is 29.1 Å². The van der Waals surface area contributed by atoms with Crippen LogP contribution in [0.4, 0.5) is 27.6 Å². The summed E-state index contributed by atoms with van der Waals surface area (Å²) in [5.41, 5.74) is -3.30. The van der Waals surface area contributed by atoms with Crippen LogP contribution in [0.15, 0.2) is 39.4 Å². The average molecular weight is 647 g/mol. The number of carbonyl (C=O) groups excluding carboxylic acids is 2. The molecule has 2 amide bonds. The molecule has 0 bridgehead atoms. The predicted octanol–water partition coefficient (Wildman–Crippen LogP) is 2.96. The predicted molar refractivity (Wildman–Crippen MR) is 139 cm³/mol. The molecular formula is C26H17Cl2F5N4O6. The number of hydrogen-bond acceptors (Lipinski definition) is 6. The van der Waals surface area contributed by atoms with Gasteiger partial charge in [0.25, 0.3) is 11.8 Å². The molecule has 6 rings (SSSR count). The van der Waals surface area contributed by atoms with Gasteiger partial charge in [-0.2, -0.15) is 0 Å². The largest absolute Gasteiger partial charge is 0.504 e. The number of hydrogen-bond donors (Lipinski definition) is 1. The number of fused-ring (bicyclic) bond motifs is 4. The Morgan fingerprint density at radius 3 is 2.12 bits per heavy atom. The van der Waals surface area contributed by atoms with Gasteiger partial charge in [0.15, 0.2) is 44.5 Å². The molecule has 2 aliphatic heterocycles. The number of methoxy groups -OCH3 is 1. The lowest BCUT2D eigenvalue weighted by Crippen LogP contribution is -2.59. The highest BCUT2D eigenvalue weighted by molar-refractivity contribution is 6.58. The van der Waals surface area contributed by atoms with Crippen LogP contribution in [0.25, 0.3) is 0 Å². The molecule has 2 fully saturated rings. The van der Waals surface area contributed by atoms with Crippen molar-refractivity contribution >= 4 is 40.7 Å². The molecular weight excluding hydrogens is 630 g/mol. The number of allylic oxidation sites excluding steroid dienone is 2. The lowest BCUT2D eigenvalue weighted by atomic mass is 9.64. The molecule has 0 spiro atoms. The Kier molecular flexibility index (Phi) is 6.20. The van der Waals surface area contributed by atoms with Crippen LogP contribution >= 0.6 is 23.2 Å². The summed E-state index contributed by atoms with van der Waals surface area (Å²) in [4.78, 5) is 48.2. The molecule has 1 aliphatic carbocycles. The molecule has 1 saturated carbocycles. The highest BCUT2D eigenvalue weighted by Gasteiger charge is 2.76. The van der Waals surface area contributed by atoms with Crippen molar-refractivity contribution in [3.63, 3.8) is 0 Å². The van der Waals surface area contributed by atoms with Crippen molar-refractivity contribution in [3.8, 4) is 11.5 Å². The Morgan fingerprint density at radius 1 is 0.930 bits per heavy atom. The van der Waals surface area contributed by atoms with Gasteiger partial charge in [-0.05, 0) is 23.3 Å². The van der Waals surface area contributed by atoms with Crippen molar-refractivity contribution in [1.82, 2.24) is 13.9 Å². The third kappa shape index (κ3) is 3.40. The van der Waals surface area contributed by atoms with Gasteiger partial charge >= 0.3 is 11.4 Å². The Morgan fingerprint density at radius 2 is 1.53 bits per heavy atom. The topological polar surface area (TPSA) is 116 Å². The molecule has 1 N–H and O–H groups in total. The standard InChI is InChI=1S/C26H17Cl2F5N4O6/c1-34-23(41)35-6-5-10-11(37(35)24(34)42)8-25(27)21(39)36(20-18(32)16(30)15(29)17(31)19(20)33)22(40)26(25,28)14(10)9-3-4-13(43-2)12(38)7-9/h3-5,7,11,14,38H,6,8H2,1-2H3/t11-,14+,25-,26+/m1/s1. The first-order valence-electron chi connectivity index (χ1n) is 12.4. The number of phenolic OH excluding ortho intramolecular Hbond substituents is 1. The van der Waals surface area contributed by atoms with Gasteiger partial charge in [0.2, 0.25) is 5.82 Å². The fourth-order valence-corrected chi connectivity index (χ4v) is 7.11. The van der Waals surface area contributed by atoms with Crippen molar-refractivity contribution in [2.24, 2.45) is 7.05 Å². The molecule has 2 aromatic carbocycles. The number of carbonyl (C=O) groups is 2. The zero-order valence-electron chi connectivity index (χ0n) is 21.8. The number of nitrogens with zero attached hydrogens (tertiary/aromatic N) is 4. The van der Waals surface area contributed by atoms with Crippen LogP contribution in [0.2, 0.25) is 0 Å². The van der Waals surface area contributed by atoms with E-state index in [1.807, 2.05) is 0 Å². The van der Waals surface area contributed by atoms with Gasteiger partial charge in [0.05, 0.1) is 19.7 Å². The molecule has 43 heavy (non-hydrogen) atoms. The zero-order valence-corrected chi connectivity index (χ0v) is 23.3. The molecule has 0 unspecified atom stereocenters. The Labute approximate surface area is 246 Å². The number of anilines is 1. The van der Waals surface area contributed by atoms with Gasteiger partial charge in [0, 0.05) is 19.4 Å². The molecule has 3 heterocycles. The van der Waals surface area contributed by atoms with E-state index >= 15 is 0 Å². The summed E-state index contributed by atoms with van der Waals surface area (Å²) in [7, 11) is 2.45. The quantitative estimate of drug-likeness (QED) is 0.117. The number of phenols is 1. The first-order chi connectivity index (χ1) is 20.1. The number of halogens is 7. The Hall–Kier alpha value is -4.11. The van der Waals surface area contributed by atoms with Crippen molar-refractivity contribution in [2.75, 3.05) is 12.0 Å². The van der Waals surface area contributed by atoms with Crippen LogP contribution in [-0.4, -0.2) is 47.7 Å². The summed E-state index contributed by atoms with van der Waals surface area (Å²) in [5.74, 6) is -17.6. The number of alkyl halides is 2. The van der Waals surface area contributed by atoms with Crippen LogP contribution in [-0.2, 0) is 23.2 Å². The average Bonchev–Trinajstić information content (AvgIpc) is 3.28. The van der Waals surface area contributed by atoms with Gasteiger partial charge in [-0.3, -0.25) is 9.59 Å². The van der Waals surface area contributed by atoms with Crippen LogP contribution in [0.3, 0.4) is 0 Å². The number of aromatic hydroxyl groups is 1. The molecule has 3 aliphatic rings. The first kappa shape index (κ1) is 29.0. The minimum absolute atomic E-state index is 0.00876. The Bertz CT molecular complexity index is 1930. The van der Waals surface area contributed by atoms with E-state index in [-0.39, 0.29) is 28.3 Å². The minimum Gasteiger partial charge on any atom is -0.504 e. The fraction of sp³-hybridized carbons (Fsp3) is 0.308. The van der Waals surface area contributed by atoms with Crippen LogP contribution in [0.5, 0.6) is 11.5 Å². The monoisotopic (exact) mass is 646 g/mol. The van der Waals surface area contributed by atoms with Gasteiger partial charge < -0.3 is 9.84 Å². The van der Waals surface area contributed by atoms with Crippen LogP contribution in [0.1, 0.15) is 23.9 Å². The maximum absolute atomic E-state index is 15.0. The molecule has 1 saturated heterocycles. The third-order valence-electron chi connectivity index (χ3n) is 8.22. The number of ether oxygens (including phenoxy) is 1. The fourth-order valence-electron chi connectivity index (χ4n) is 6.20. The molecule has 1 aromatic heterocycles. The Balaban J connectivity index is 1.66. The number of rotatable bonds is 3. The van der Waals surface area contributed by atoms with E-state index in [9.17, 15) is 46.2 Å². The van der Waals surface area contributed by atoms with E-state index in [2.05, 4.69) is 0 Å². The first-order valence-corrected chi connectivity index (χ1v) is 13.1. The maximum atomic E-state index is 15.0. The molecule has 17 heteroatoms. The molecule has 226 valence electrons. The van der Waals surface area contributed by atoms with Gasteiger partial charge in [0.1, 0.15) is 5.69 Å². The molecule has 10 nitrogen and oxygen atoms in total. The number of aromatic nitrogens is 3. The lowest BCUT2D eigenvalue weighted by Gasteiger charge is -2.49. The zero-order chi connectivity index (χ0) is 31.5. The molecule has 4 atom stereocenters. The summed E-state index contributed by atoms with van der Waals surface area (Å²) in [5, 5.41) is 10.6. The SMILES string of the molecule is COc1ccc([C@H]2C3=CCn4c(=O)n(C)c(=O)n4[C@@H]3C[C@@]3(Cl)C(=O)N(c4c(F)c(F)c(F)c(F)c4F)C(=O)[C@@]23Cl)cc1O. The van der Waals surface area contributed by atoms with Crippen molar-refractivity contribution in [1.29, 1.82) is 0 Å². The van der Waals surface area contributed by atoms with Crippen molar-refractivity contribution in [2.45, 2.75) is 34.7 Å². The van der Waals surface area contributed by atoms with E-state index in [4.69, 9.17) is 27.9 Å². The highest BCUT2D eigenvalue weighted by Crippen LogP contribution is 2.64. The number of amides is 2. The maximum Gasteiger partial charge on any atom is 0.347 e. The van der Waals surface area contributed by atoms with E-state index < -0.39 is 91.8 Å². The normalized spacial score (nSPS) is 26.3. The van der Waals surface area contributed by atoms with Crippen LogP contribution < -0.4 is 21.0 Å². The van der Waals surface area contributed by atoms with Gasteiger partial charge in [-0.15, -0.1) is 23.2 Å². The summed E-state index contributed by atoms with van der Waals surface area (Å²) >= 11 is 13.9. The second-order valence-electron chi connectivity index (χ2n) is 10.2. The number of benzene rings is 2. The van der Waals surface area contributed by atoms with E-state index in [0.29, 0.717) is 0 Å². The number of imide groups is 1.